The van der Waals surface area contributed by atoms with Crippen LogP contribution in [0.15, 0.2) is 140 Å². The Labute approximate surface area is 610 Å². The summed E-state index contributed by atoms with van der Waals surface area (Å²) >= 11 is 0. The lowest BCUT2D eigenvalue weighted by Gasteiger charge is -2.44. The Morgan fingerprint density at radius 2 is 1.26 bits per heavy atom. The molecule has 0 bridgehead atoms. The van der Waals surface area contributed by atoms with Crippen LogP contribution in [0.1, 0.15) is 118 Å². The maximum absolute atomic E-state index is 14.3. The quantitative estimate of drug-likeness (QED) is 0.0431. The molecule has 102 heavy (non-hydrogen) atoms. The van der Waals surface area contributed by atoms with Gasteiger partial charge in [0.15, 0.2) is 0 Å². The van der Waals surface area contributed by atoms with E-state index in [-0.39, 0.29) is 92.7 Å². The third-order valence-corrected chi connectivity index (χ3v) is 20.9. The SMILES string of the molecule is CN(CCN1CCC(N(C(=O)O)c2ccccc2-c2ccccc2)CC1)C(=O)CCCCCN1CCc2cc(C(=O)N(C)CCCN(C)C(=O)CO[C@H]3Cc4ccccc4C34CCN(CC[C@]3(c5ccc(F)cc5)CN(C(=O)c5cc(C(F)(F)F)cc(C(F)(F)F)c5)CO3)CC4)ccc21.Cl.Cl.Cl. The molecule has 6 aromatic carbocycles. The molecule has 552 valence electrons. The molecule has 0 saturated carbocycles. The van der Waals surface area contributed by atoms with Crippen LogP contribution in [0, 0.1) is 5.82 Å². The maximum Gasteiger partial charge on any atom is 0.416 e. The van der Waals surface area contributed by atoms with Crippen molar-refractivity contribution in [3.63, 3.8) is 0 Å². The molecule has 4 aliphatic heterocycles. The van der Waals surface area contributed by atoms with E-state index in [1.165, 1.54) is 34.7 Å². The predicted octanol–water partition coefficient (Wildman–Crippen LogP) is 14.1. The molecule has 0 unspecified atom stereocenters. The highest BCUT2D eigenvalue weighted by molar-refractivity contribution is 5.96. The number of piperidine rings is 2. The number of para-hydroxylation sites is 1. The van der Waals surface area contributed by atoms with E-state index in [4.69, 9.17) is 9.47 Å². The summed E-state index contributed by atoms with van der Waals surface area (Å²) in [4.78, 5) is 81.8. The second kappa shape index (κ2) is 34.8. The van der Waals surface area contributed by atoms with Crippen molar-refractivity contribution in [2.24, 2.45) is 0 Å². The number of alkyl halides is 6. The standard InChI is InChI=1S/C76H87F7N8O8.3ClH/c1-84(34-14-35-86(3)70(94)56-22-27-65-55(45-56)28-39-89(65)36-13-5-8-21-68(92)85(2)43-44-87-37-29-62(30-38-87)91(72(96)97)66-20-12-10-18-63(66)53-15-6-4-7-16-53)69(93)50-98-67-48-54-17-9-11-19-64(54)73(67)31-40-88(41-32-73)42-33-74(58-23-25-61(77)26-24-58)51-90(52-99-74)71(95)57-46-59(75(78,79)80)49-60(47-57)76(81,82)83;;;/h4,6-7,9-12,15-20,22-27,45-47,49,62,67H,5,8,13-14,21,28-44,48,50-52H2,1-3H3,(H,96,97);3*1H/t67-,74+;;;/m0.../s1. The number of hydrogen-bond donors (Lipinski definition) is 1. The Hall–Kier alpha value is -7.51. The number of halogens is 10. The largest absolute Gasteiger partial charge is 0.465 e. The van der Waals surface area contributed by atoms with E-state index in [0.717, 1.165) is 91.2 Å². The fourth-order valence-corrected chi connectivity index (χ4v) is 15.2. The molecule has 1 spiro atoms. The molecule has 11 rings (SSSR count). The van der Waals surface area contributed by atoms with Crippen molar-refractivity contribution in [2.75, 3.05) is 123 Å². The smallest absolute Gasteiger partial charge is 0.416 e. The average molecular weight is 1480 g/mol. The van der Waals surface area contributed by atoms with Crippen molar-refractivity contribution in [1.82, 2.24) is 29.4 Å². The number of nitrogens with zero attached hydrogens (tertiary/aromatic N) is 8. The Balaban J connectivity index is 0.00000440. The third-order valence-electron chi connectivity index (χ3n) is 20.9. The summed E-state index contributed by atoms with van der Waals surface area (Å²) < 4.78 is 110. The van der Waals surface area contributed by atoms with Gasteiger partial charge < -0.3 is 48.9 Å². The van der Waals surface area contributed by atoms with E-state index in [1.54, 1.807) is 23.9 Å². The van der Waals surface area contributed by atoms with Crippen molar-refractivity contribution >= 4 is 78.3 Å². The van der Waals surface area contributed by atoms with Crippen LogP contribution in [0.25, 0.3) is 11.1 Å². The van der Waals surface area contributed by atoms with E-state index >= 15 is 0 Å². The van der Waals surface area contributed by atoms with Crippen LogP contribution < -0.4 is 9.80 Å². The van der Waals surface area contributed by atoms with Gasteiger partial charge in [-0.15, -0.1) is 37.2 Å². The Bertz CT molecular complexity index is 3810. The van der Waals surface area contributed by atoms with Crippen molar-refractivity contribution < 1.29 is 69.3 Å². The minimum atomic E-state index is -5.15. The number of benzene rings is 6. The summed E-state index contributed by atoms with van der Waals surface area (Å²) in [6.45, 7) is 6.23. The minimum Gasteiger partial charge on any atom is -0.465 e. The van der Waals surface area contributed by atoms with Crippen molar-refractivity contribution in [3.8, 4) is 11.1 Å². The van der Waals surface area contributed by atoms with Gasteiger partial charge in [0.05, 0.1) is 29.5 Å². The molecule has 6 aromatic rings. The van der Waals surface area contributed by atoms with Crippen LogP contribution in [0.5, 0.6) is 0 Å². The number of amides is 5. The highest BCUT2D eigenvalue weighted by Crippen LogP contribution is 2.49. The van der Waals surface area contributed by atoms with Gasteiger partial charge >= 0.3 is 18.4 Å². The molecule has 1 N–H and O–H groups in total. The van der Waals surface area contributed by atoms with E-state index in [2.05, 4.69) is 26.8 Å². The van der Waals surface area contributed by atoms with Crippen LogP contribution >= 0.6 is 37.2 Å². The molecule has 0 radical (unpaired) electrons. The molecular formula is C76H90Cl3F7N8O8. The first-order chi connectivity index (χ1) is 47.4. The minimum absolute atomic E-state index is 0. The Morgan fingerprint density at radius 3 is 1.95 bits per heavy atom. The van der Waals surface area contributed by atoms with Crippen LogP contribution in [0.4, 0.5) is 46.9 Å². The normalized spacial score (nSPS) is 18.2. The van der Waals surface area contributed by atoms with E-state index in [9.17, 15) is 59.8 Å². The lowest BCUT2D eigenvalue weighted by Crippen LogP contribution is -2.50. The van der Waals surface area contributed by atoms with Gasteiger partial charge in [-0.1, -0.05) is 91.3 Å². The fraction of sp³-hybridized carbons (Fsp3) is 0.461. The summed E-state index contributed by atoms with van der Waals surface area (Å²) in [5, 5.41) is 10.4. The van der Waals surface area contributed by atoms with Gasteiger partial charge in [-0.25, -0.2) is 9.18 Å². The molecule has 3 fully saturated rings. The monoisotopic (exact) mass is 1480 g/mol. The Kier molecular flexibility index (Phi) is 27.4. The second-order valence-electron chi connectivity index (χ2n) is 27.2. The number of likely N-dealkylation sites (tertiary alicyclic amines) is 2. The fourth-order valence-electron chi connectivity index (χ4n) is 15.2. The molecule has 5 amide bonds. The molecule has 5 aliphatic rings. The van der Waals surface area contributed by atoms with Crippen LogP contribution in [-0.4, -0.2) is 189 Å². The lowest BCUT2D eigenvalue weighted by molar-refractivity contribution is -0.143. The first kappa shape index (κ1) is 80.2. The average Bonchev–Trinajstić information content (AvgIpc) is 1.58. The Morgan fingerprint density at radius 1 is 0.627 bits per heavy atom. The molecular weight excluding hydrogens is 1390 g/mol. The number of unbranched alkanes of at least 4 members (excludes halogenated alkanes) is 2. The van der Waals surface area contributed by atoms with Crippen molar-refractivity contribution in [3.05, 3.63) is 190 Å². The molecule has 0 aromatic heterocycles. The zero-order valence-electron chi connectivity index (χ0n) is 57.6. The number of carbonyl (C=O) groups excluding carboxylic acids is 4. The van der Waals surface area contributed by atoms with Gasteiger partial charge in [0, 0.05) is 120 Å². The zero-order chi connectivity index (χ0) is 70.2. The van der Waals surface area contributed by atoms with E-state index in [0.29, 0.717) is 113 Å². The van der Waals surface area contributed by atoms with Crippen LogP contribution in [-0.2, 0) is 55.3 Å². The zero-order valence-corrected chi connectivity index (χ0v) is 60.0. The van der Waals surface area contributed by atoms with E-state index in [1.807, 2.05) is 96.9 Å². The van der Waals surface area contributed by atoms with Crippen LogP contribution in [0.2, 0.25) is 0 Å². The van der Waals surface area contributed by atoms with Crippen LogP contribution in [0.3, 0.4) is 0 Å². The van der Waals surface area contributed by atoms with Gasteiger partial charge in [0.25, 0.3) is 11.8 Å². The summed E-state index contributed by atoms with van der Waals surface area (Å²) in [7, 11) is 5.36. The third kappa shape index (κ3) is 18.7. The summed E-state index contributed by atoms with van der Waals surface area (Å²) in [5.74, 6) is -1.77. The number of carboxylic acid groups (broad SMARTS) is 1. The molecule has 3 saturated heterocycles. The van der Waals surface area contributed by atoms with Gasteiger partial charge in [0.2, 0.25) is 11.8 Å². The van der Waals surface area contributed by atoms with E-state index < -0.39 is 64.6 Å². The number of hydrogen-bond acceptors (Lipinski definition) is 10. The molecule has 26 heteroatoms. The number of fused-ring (bicyclic) bond motifs is 3. The number of likely N-dealkylation sites (N-methyl/N-ethyl adjacent to an activating group) is 2. The number of rotatable bonds is 25. The predicted molar refractivity (Wildman–Crippen MR) is 385 cm³/mol. The molecule has 1 aliphatic carbocycles. The summed E-state index contributed by atoms with van der Waals surface area (Å²) in [5.41, 5.74) is 2.54. The van der Waals surface area contributed by atoms with Gasteiger partial charge in [-0.2, -0.15) is 26.3 Å². The molecule has 16 nitrogen and oxygen atoms in total. The number of carbonyl (C=O) groups is 5. The number of anilines is 2. The van der Waals surface area contributed by atoms with Gasteiger partial charge in [-0.3, -0.25) is 24.1 Å². The maximum atomic E-state index is 14.3. The van der Waals surface area contributed by atoms with Gasteiger partial charge in [0.1, 0.15) is 24.8 Å². The van der Waals surface area contributed by atoms with Crippen molar-refractivity contribution in [1.29, 1.82) is 0 Å². The first-order valence-corrected chi connectivity index (χ1v) is 34.3. The topological polar surface area (TPSA) is 150 Å². The second-order valence-corrected chi connectivity index (χ2v) is 27.2. The highest BCUT2D eigenvalue weighted by atomic mass is 35.5. The van der Waals surface area contributed by atoms with Crippen molar-refractivity contribution in [2.45, 2.75) is 113 Å². The first-order valence-electron chi connectivity index (χ1n) is 34.3. The molecule has 2 atom stereocenters. The lowest BCUT2D eigenvalue weighted by atomic mass is 9.72. The van der Waals surface area contributed by atoms with Gasteiger partial charge in [-0.05, 0) is 160 Å². The number of ether oxygens (including phenoxy) is 2. The highest BCUT2D eigenvalue weighted by Gasteiger charge is 2.50. The molecule has 4 heterocycles. The summed E-state index contributed by atoms with van der Waals surface area (Å²) in [6, 6.07) is 37.7. The summed E-state index contributed by atoms with van der Waals surface area (Å²) in [6.07, 6.45) is -3.44.